The van der Waals surface area contributed by atoms with Crippen molar-refractivity contribution in [3.8, 4) is 0 Å². The first-order chi connectivity index (χ1) is 10.0. The van der Waals surface area contributed by atoms with Crippen molar-refractivity contribution in [1.82, 2.24) is 15.3 Å². The standard InChI is InChI=1S/C15H20N4OS/c1-4-7-16-12-6-5-11(10-18-12)13(20)19-15(2,3)14-17-8-9-21-14/h5-6,8-10H,4,7H2,1-3H3,(H,16,18)(H,19,20). The van der Waals surface area contributed by atoms with Gasteiger partial charge in [-0.3, -0.25) is 4.79 Å². The Balaban J connectivity index is 2.03. The molecule has 5 nitrogen and oxygen atoms in total. The van der Waals surface area contributed by atoms with E-state index in [9.17, 15) is 4.79 Å². The summed E-state index contributed by atoms with van der Waals surface area (Å²) in [7, 11) is 0. The lowest BCUT2D eigenvalue weighted by Crippen LogP contribution is -2.40. The fraction of sp³-hybridized carbons (Fsp3) is 0.400. The van der Waals surface area contributed by atoms with Crippen LogP contribution in [0.15, 0.2) is 29.9 Å². The molecule has 0 unspecified atom stereocenters. The Labute approximate surface area is 128 Å². The first kappa shape index (κ1) is 15.4. The average molecular weight is 304 g/mol. The van der Waals surface area contributed by atoms with E-state index in [1.165, 1.54) is 11.3 Å². The van der Waals surface area contributed by atoms with E-state index in [1.807, 2.05) is 25.3 Å². The molecule has 2 heterocycles. The van der Waals surface area contributed by atoms with Crippen LogP contribution < -0.4 is 10.6 Å². The number of aromatic nitrogens is 2. The summed E-state index contributed by atoms with van der Waals surface area (Å²) in [5, 5.41) is 8.95. The highest BCUT2D eigenvalue weighted by atomic mass is 32.1. The SMILES string of the molecule is CCCNc1ccc(C(=O)NC(C)(C)c2nccs2)cn1. The van der Waals surface area contributed by atoms with Gasteiger partial charge in [0.2, 0.25) is 0 Å². The van der Waals surface area contributed by atoms with Gasteiger partial charge in [0.15, 0.2) is 0 Å². The van der Waals surface area contributed by atoms with E-state index in [-0.39, 0.29) is 5.91 Å². The Bertz CT molecular complexity index is 578. The van der Waals surface area contributed by atoms with Crippen LogP contribution in [0.2, 0.25) is 0 Å². The second-order valence-corrected chi connectivity index (χ2v) is 6.17. The molecule has 6 heteroatoms. The minimum absolute atomic E-state index is 0.148. The van der Waals surface area contributed by atoms with E-state index in [0.29, 0.717) is 5.56 Å². The fourth-order valence-electron chi connectivity index (χ4n) is 1.83. The molecule has 112 valence electrons. The van der Waals surface area contributed by atoms with Crippen LogP contribution in [0.5, 0.6) is 0 Å². The lowest BCUT2D eigenvalue weighted by molar-refractivity contribution is 0.0911. The van der Waals surface area contributed by atoms with Gasteiger partial charge in [-0.15, -0.1) is 11.3 Å². The van der Waals surface area contributed by atoms with Crippen LogP contribution in [0, 0.1) is 0 Å². The molecule has 2 aromatic heterocycles. The quantitative estimate of drug-likeness (QED) is 0.861. The molecule has 0 bridgehead atoms. The van der Waals surface area contributed by atoms with Crippen molar-refractivity contribution in [3.05, 3.63) is 40.5 Å². The number of rotatable bonds is 6. The van der Waals surface area contributed by atoms with E-state index in [1.54, 1.807) is 18.5 Å². The highest BCUT2D eigenvalue weighted by Crippen LogP contribution is 2.22. The number of nitrogens with zero attached hydrogens (tertiary/aromatic N) is 2. The van der Waals surface area contributed by atoms with Gasteiger partial charge in [-0.05, 0) is 32.4 Å². The van der Waals surface area contributed by atoms with Crippen LogP contribution in [0.3, 0.4) is 0 Å². The maximum Gasteiger partial charge on any atom is 0.253 e. The highest BCUT2D eigenvalue weighted by Gasteiger charge is 2.26. The molecule has 0 aliphatic heterocycles. The number of nitrogens with one attached hydrogen (secondary N) is 2. The molecule has 0 aromatic carbocycles. The van der Waals surface area contributed by atoms with Gasteiger partial charge in [-0.1, -0.05) is 6.92 Å². The topological polar surface area (TPSA) is 66.9 Å². The maximum atomic E-state index is 12.3. The molecule has 0 radical (unpaired) electrons. The molecule has 2 N–H and O–H groups in total. The number of amides is 1. The number of carbonyl (C=O) groups excluding carboxylic acids is 1. The molecular weight excluding hydrogens is 284 g/mol. The Morgan fingerprint density at radius 3 is 2.71 bits per heavy atom. The largest absolute Gasteiger partial charge is 0.370 e. The normalized spacial score (nSPS) is 11.2. The number of pyridine rings is 1. The molecular formula is C15H20N4OS. The molecule has 2 rings (SSSR count). The van der Waals surface area contributed by atoms with Crippen molar-refractivity contribution in [2.24, 2.45) is 0 Å². The number of hydrogen-bond acceptors (Lipinski definition) is 5. The van der Waals surface area contributed by atoms with E-state index in [0.717, 1.165) is 23.8 Å². The van der Waals surface area contributed by atoms with Gasteiger partial charge >= 0.3 is 0 Å². The first-order valence-corrected chi connectivity index (χ1v) is 7.83. The lowest BCUT2D eigenvalue weighted by atomic mass is 10.1. The molecule has 2 aromatic rings. The Hall–Kier alpha value is -1.95. The average Bonchev–Trinajstić information content (AvgIpc) is 3.00. The van der Waals surface area contributed by atoms with Gasteiger partial charge in [0.05, 0.1) is 11.1 Å². The summed E-state index contributed by atoms with van der Waals surface area (Å²) in [6.07, 6.45) is 4.36. The molecule has 0 fully saturated rings. The highest BCUT2D eigenvalue weighted by molar-refractivity contribution is 7.09. The molecule has 1 amide bonds. The molecule has 0 atom stereocenters. The van der Waals surface area contributed by atoms with Crippen molar-refractivity contribution in [3.63, 3.8) is 0 Å². The smallest absolute Gasteiger partial charge is 0.253 e. The zero-order valence-corrected chi connectivity index (χ0v) is 13.3. The third-order valence-electron chi connectivity index (χ3n) is 2.97. The van der Waals surface area contributed by atoms with Crippen molar-refractivity contribution >= 4 is 23.1 Å². The van der Waals surface area contributed by atoms with Gasteiger partial charge in [-0.25, -0.2) is 9.97 Å². The predicted molar refractivity (Wildman–Crippen MR) is 85.6 cm³/mol. The molecule has 0 aliphatic carbocycles. The number of thiazole rings is 1. The lowest BCUT2D eigenvalue weighted by Gasteiger charge is -2.23. The maximum absolute atomic E-state index is 12.3. The van der Waals surface area contributed by atoms with E-state index in [2.05, 4.69) is 27.5 Å². The molecule has 0 spiro atoms. The summed E-state index contributed by atoms with van der Waals surface area (Å²) in [6.45, 7) is 6.84. The first-order valence-electron chi connectivity index (χ1n) is 6.95. The number of anilines is 1. The number of carbonyl (C=O) groups is 1. The van der Waals surface area contributed by atoms with Crippen LogP contribution in [0.25, 0.3) is 0 Å². The summed E-state index contributed by atoms with van der Waals surface area (Å²) in [5.41, 5.74) is 0.0476. The summed E-state index contributed by atoms with van der Waals surface area (Å²) >= 11 is 1.53. The Morgan fingerprint density at radius 2 is 2.14 bits per heavy atom. The predicted octanol–water partition coefficient (Wildman–Crippen LogP) is 3.03. The van der Waals surface area contributed by atoms with Crippen molar-refractivity contribution < 1.29 is 4.79 Å². The second-order valence-electron chi connectivity index (χ2n) is 5.28. The van der Waals surface area contributed by atoms with Crippen LogP contribution in [-0.4, -0.2) is 22.4 Å². The molecule has 0 aliphatic rings. The van der Waals surface area contributed by atoms with Crippen LogP contribution in [0.4, 0.5) is 5.82 Å². The third-order valence-corrected chi connectivity index (χ3v) is 4.07. The summed E-state index contributed by atoms with van der Waals surface area (Å²) in [6, 6.07) is 3.60. The van der Waals surface area contributed by atoms with Crippen molar-refractivity contribution in [2.75, 3.05) is 11.9 Å². The van der Waals surface area contributed by atoms with Gasteiger partial charge in [-0.2, -0.15) is 0 Å². The van der Waals surface area contributed by atoms with Crippen LogP contribution in [-0.2, 0) is 5.54 Å². The molecule has 21 heavy (non-hydrogen) atoms. The van der Waals surface area contributed by atoms with Gasteiger partial charge in [0.1, 0.15) is 10.8 Å². The fourth-order valence-corrected chi connectivity index (χ4v) is 2.55. The Kier molecular flexibility index (Phi) is 4.90. The summed E-state index contributed by atoms with van der Waals surface area (Å²) in [5.74, 6) is 0.636. The second kappa shape index (κ2) is 6.67. The van der Waals surface area contributed by atoms with E-state index in [4.69, 9.17) is 0 Å². The monoisotopic (exact) mass is 304 g/mol. The van der Waals surface area contributed by atoms with E-state index < -0.39 is 5.54 Å². The zero-order chi connectivity index (χ0) is 15.3. The van der Waals surface area contributed by atoms with Crippen molar-refractivity contribution in [2.45, 2.75) is 32.7 Å². The summed E-state index contributed by atoms with van der Waals surface area (Å²) in [4.78, 5) is 20.8. The Morgan fingerprint density at radius 1 is 1.33 bits per heavy atom. The van der Waals surface area contributed by atoms with Crippen LogP contribution in [0.1, 0.15) is 42.6 Å². The minimum Gasteiger partial charge on any atom is -0.370 e. The zero-order valence-electron chi connectivity index (χ0n) is 12.5. The minimum atomic E-state index is -0.496. The van der Waals surface area contributed by atoms with Crippen molar-refractivity contribution in [1.29, 1.82) is 0 Å². The van der Waals surface area contributed by atoms with Gasteiger partial charge < -0.3 is 10.6 Å². The number of hydrogen-bond donors (Lipinski definition) is 2. The molecule has 0 saturated heterocycles. The van der Waals surface area contributed by atoms with Gasteiger partial charge in [0, 0.05) is 24.3 Å². The van der Waals surface area contributed by atoms with Crippen LogP contribution >= 0.6 is 11.3 Å². The van der Waals surface area contributed by atoms with E-state index >= 15 is 0 Å². The third kappa shape index (κ3) is 4.01. The van der Waals surface area contributed by atoms with Gasteiger partial charge in [0.25, 0.3) is 5.91 Å². The summed E-state index contributed by atoms with van der Waals surface area (Å²) < 4.78 is 0. The molecule has 0 saturated carbocycles.